The third kappa shape index (κ3) is 3.49. The number of rotatable bonds is 4. The number of non-ortho nitro benzene ring substituents is 1. The van der Waals surface area contributed by atoms with E-state index in [1.807, 2.05) is 0 Å². The van der Waals surface area contributed by atoms with E-state index in [4.69, 9.17) is 5.11 Å². The number of aliphatic hydroxyl groups excluding tert-OH is 1. The lowest BCUT2D eigenvalue weighted by Gasteiger charge is -2.07. The summed E-state index contributed by atoms with van der Waals surface area (Å²) in [5, 5.41) is 21.6. The van der Waals surface area contributed by atoms with E-state index in [2.05, 4.69) is 5.32 Å². The van der Waals surface area contributed by atoms with Gasteiger partial charge >= 0.3 is 0 Å². The van der Waals surface area contributed by atoms with Gasteiger partial charge in [-0.2, -0.15) is 0 Å². The Bertz CT molecular complexity index is 448. The Morgan fingerprint density at radius 2 is 2.29 bits per heavy atom. The standard InChI is InChI=1S/C10H11FN2O4/c1-6(14)5-12-10(15)8-3-2-7(13(16)17)4-9(8)11/h2-4,6,14H,5H2,1H3,(H,12,15). The SMILES string of the molecule is CC(O)CNC(=O)c1ccc([N+](=O)[O-])cc1F. The monoisotopic (exact) mass is 242 g/mol. The molecule has 0 heterocycles. The Labute approximate surface area is 96.2 Å². The normalized spacial score (nSPS) is 11.9. The minimum atomic E-state index is -0.970. The van der Waals surface area contributed by atoms with Crippen molar-refractivity contribution in [2.45, 2.75) is 13.0 Å². The predicted molar refractivity (Wildman–Crippen MR) is 57.1 cm³/mol. The molecule has 7 heteroatoms. The summed E-state index contributed by atoms with van der Waals surface area (Å²) in [4.78, 5) is 21.0. The van der Waals surface area contributed by atoms with Gasteiger partial charge in [-0.05, 0) is 13.0 Å². The quantitative estimate of drug-likeness (QED) is 0.604. The second-order valence-corrected chi connectivity index (χ2v) is 3.48. The number of nitrogens with zero attached hydrogens (tertiary/aromatic N) is 1. The summed E-state index contributed by atoms with van der Waals surface area (Å²) in [6.07, 6.45) is -0.750. The van der Waals surface area contributed by atoms with Crippen LogP contribution < -0.4 is 5.32 Å². The largest absolute Gasteiger partial charge is 0.392 e. The molecule has 17 heavy (non-hydrogen) atoms. The van der Waals surface area contributed by atoms with Gasteiger partial charge in [0.2, 0.25) is 0 Å². The molecule has 0 saturated carbocycles. The molecule has 0 aliphatic carbocycles. The Hall–Kier alpha value is -2.02. The fourth-order valence-electron chi connectivity index (χ4n) is 1.14. The van der Waals surface area contributed by atoms with Crippen molar-refractivity contribution in [1.82, 2.24) is 5.32 Å². The van der Waals surface area contributed by atoms with E-state index in [1.54, 1.807) is 0 Å². The van der Waals surface area contributed by atoms with Crippen molar-refractivity contribution >= 4 is 11.6 Å². The van der Waals surface area contributed by atoms with Crippen LogP contribution in [0, 0.1) is 15.9 Å². The Morgan fingerprint density at radius 3 is 2.76 bits per heavy atom. The summed E-state index contributed by atoms with van der Waals surface area (Å²) in [5.74, 6) is -1.69. The van der Waals surface area contributed by atoms with Crippen LogP contribution in [0.5, 0.6) is 0 Å². The number of halogens is 1. The van der Waals surface area contributed by atoms with Gasteiger partial charge in [0.05, 0.1) is 22.7 Å². The van der Waals surface area contributed by atoms with Gasteiger partial charge in [0, 0.05) is 12.6 Å². The third-order valence-corrected chi connectivity index (χ3v) is 1.97. The second-order valence-electron chi connectivity index (χ2n) is 3.48. The maximum atomic E-state index is 13.4. The number of carbonyl (C=O) groups is 1. The molecule has 0 spiro atoms. The molecule has 1 aromatic rings. The van der Waals surface area contributed by atoms with E-state index < -0.39 is 28.4 Å². The molecule has 0 aromatic heterocycles. The van der Waals surface area contributed by atoms with E-state index in [0.29, 0.717) is 6.07 Å². The lowest BCUT2D eigenvalue weighted by molar-refractivity contribution is -0.385. The summed E-state index contributed by atoms with van der Waals surface area (Å²) in [5.41, 5.74) is -0.717. The van der Waals surface area contributed by atoms with Gasteiger partial charge in [0.1, 0.15) is 5.82 Å². The number of hydrogen-bond donors (Lipinski definition) is 2. The van der Waals surface area contributed by atoms with Gasteiger partial charge in [-0.25, -0.2) is 4.39 Å². The average Bonchev–Trinajstić information content (AvgIpc) is 2.25. The van der Waals surface area contributed by atoms with E-state index in [-0.39, 0.29) is 12.1 Å². The Kier molecular flexibility index (Phi) is 4.11. The van der Waals surface area contributed by atoms with E-state index in [1.165, 1.54) is 6.92 Å². The van der Waals surface area contributed by atoms with Crippen LogP contribution in [0.15, 0.2) is 18.2 Å². The molecule has 0 radical (unpaired) electrons. The zero-order chi connectivity index (χ0) is 13.0. The van der Waals surface area contributed by atoms with Crippen molar-refractivity contribution in [3.05, 3.63) is 39.7 Å². The van der Waals surface area contributed by atoms with Crippen LogP contribution in [0.2, 0.25) is 0 Å². The molecule has 1 aromatic carbocycles. The number of benzene rings is 1. The number of nitrogens with one attached hydrogen (secondary N) is 1. The molecular formula is C10H11FN2O4. The molecule has 6 nitrogen and oxygen atoms in total. The number of nitro groups is 1. The van der Waals surface area contributed by atoms with Crippen LogP contribution in [-0.2, 0) is 0 Å². The van der Waals surface area contributed by atoms with Crippen molar-refractivity contribution < 1.29 is 19.2 Å². The highest BCUT2D eigenvalue weighted by Gasteiger charge is 2.16. The van der Waals surface area contributed by atoms with Crippen LogP contribution >= 0.6 is 0 Å². The first-order valence-electron chi connectivity index (χ1n) is 4.82. The first-order chi connectivity index (χ1) is 7.91. The van der Waals surface area contributed by atoms with Crippen LogP contribution in [0.25, 0.3) is 0 Å². The van der Waals surface area contributed by atoms with Gasteiger partial charge in [-0.15, -0.1) is 0 Å². The van der Waals surface area contributed by atoms with E-state index in [9.17, 15) is 19.3 Å². The highest BCUT2D eigenvalue weighted by molar-refractivity contribution is 5.94. The molecule has 1 atom stereocenters. The maximum Gasteiger partial charge on any atom is 0.272 e. The van der Waals surface area contributed by atoms with E-state index >= 15 is 0 Å². The maximum absolute atomic E-state index is 13.4. The van der Waals surface area contributed by atoms with Crippen molar-refractivity contribution in [2.75, 3.05) is 6.54 Å². The molecule has 0 aliphatic rings. The number of aliphatic hydroxyl groups is 1. The molecule has 0 aliphatic heterocycles. The second kappa shape index (κ2) is 5.35. The molecule has 0 bridgehead atoms. The Morgan fingerprint density at radius 1 is 1.65 bits per heavy atom. The van der Waals surface area contributed by atoms with Crippen molar-refractivity contribution in [1.29, 1.82) is 0 Å². The zero-order valence-electron chi connectivity index (χ0n) is 9.01. The fourth-order valence-corrected chi connectivity index (χ4v) is 1.14. The highest BCUT2D eigenvalue weighted by Crippen LogP contribution is 2.16. The summed E-state index contributed by atoms with van der Waals surface area (Å²) in [7, 11) is 0. The van der Waals surface area contributed by atoms with Crippen molar-refractivity contribution in [3.63, 3.8) is 0 Å². The summed E-state index contributed by atoms with van der Waals surface area (Å²) in [6.45, 7) is 1.45. The number of carbonyl (C=O) groups excluding carboxylic acids is 1. The number of amides is 1. The van der Waals surface area contributed by atoms with Crippen LogP contribution in [-0.4, -0.2) is 28.6 Å². The highest BCUT2D eigenvalue weighted by atomic mass is 19.1. The van der Waals surface area contributed by atoms with E-state index in [0.717, 1.165) is 12.1 Å². The smallest absolute Gasteiger partial charge is 0.272 e. The van der Waals surface area contributed by atoms with Gasteiger partial charge in [0.15, 0.2) is 0 Å². The lowest BCUT2D eigenvalue weighted by atomic mass is 10.2. The fraction of sp³-hybridized carbons (Fsp3) is 0.300. The predicted octanol–water partition coefficient (Wildman–Crippen LogP) is 0.845. The van der Waals surface area contributed by atoms with Gasteiger partial charge < -0.3 is 10.4 Å². The van der Waals surface area contributed by atoms with Gasteiger partial charge in [-0.1, -0.05) is 0 Å². The average molecular weight is 242 g/mol. The molecule has 0 fully saturated rings. The molecule has 1 rings (SSSR count). The van der Waals surface area contributed by atoms with Crippen molar-refractivity contribution in [3.8, 4) is 0 Å². The molecule has 1 unspecified atom stereocenters. The summed E-state index contributed by atoms with van der Waals surface area (Å²) in [6, 6.07) is 2.75. The zero-order valence-corrected chi connectivity index (χ0v) is 9.01. The lowest BCUT2D eigenvalue weighted by Crippen LogP contribution is -2.31. The minimum absolute atomic E-state index is 0.0186. The molecule has 92 valence electrons. The van der Waals surface area contributed by atoms with Gasteiger partial charge in [-0.3, -0.25) is 14.9 Å². The van der Waals surface area contributed by atoms with Crippen molar-refractivity contribution in [2.24, 2.45) is 0 Å². The van der Waals surface area contributed by atoms with Crippen LogP contribution in [0.4, 0.5) is 10.1 Å². The molecule has 1 amide bonds. The molecular weight excluding hydrogens is 231 g/mol. The topological polar surface area (TPSA) is 92.5 Å². The summed E-state index contributed by atoms with van der Waals surface area (Å²) >= 11 is 0. The minimum Gasteiger partial charge on any atom is -0.392 e. The Balaban J connectivity index is 2.85. The first-order valence-corrected chi connectivity index (χ1v) is 4.82. The van der Waals surface area contributed by atoms with Gasteiger partial charge in [0.25, 0.3) is 11.6 Å². The molecule has 0 saturated heterocycles. The first kappa shape index (κ1) is 13.0. The molecule has 2 N–H and O–H groups in total. The van der Waals surface area contributed by atoms with Crippen LogP contribution in [0.3, 0.4) is 0 Å². The van der Waals surface area contributed by atoms with Crippen LogP contribution in [0.1, 0.15) is 17.3 Å². The number of hydrogen-bond acceptors (Lipinski definition) is 4. The number of nitro benzene ring substituents is 1. The summed E-state index contributed by atoms with van der Waals surface area (Å²) < 4.78 is 13.4. The third-order valence-electron chi connectivity index (χ3n) is 1.97.